The first-order valence-corrected chi connectivity index (χ1v) is 9.02. The van der Waals surface area contributed by atoms with Crippen molar-refractivity contribution in [1.29, 1.82) is 0 Å². The van der Waals surface area contributed by atoms with Gasteiger partial charge in [-0.15, -0.1) is 0 Å². The lowest BCUT2D eigenvalue weighted by atomic mass is 10.1. The Kier molecular flexibility index (Phi) is 5.59. The van der Waals surface area contributed by atoms with E-state index in [4.69, 9.17) is 4.74 Å². The summed E-state index contributed by atoms with van der Waals surface area (Å²) in [6.07, 6.45) is 0. The van der Waals surface area contributed by atoms with Crippen LogP contribution in [0.3, 0.4) is 0 Å². The van der Waals surface area contributed by atoms with Gasteiger partial charge >= 0.3 is 5.97 Å². The average molecular weight is 376 g/mol. The first kappa shape index (κ1) is 19.4. The predicted molar refractivity (Wildman–Crippen MR) is 112 cm³/mol. The Balaban J connectivity index is 1.98. The van der Waals surface area contributed by atoms with Crippen molar-refractivity contribution in [2.24, 2.45) is 0 Å². The molecule has 0 radical (unpaired) electrons. The van der Waals surface area contributed by atoms with E-state index >= 15 is 0 Å². The van der Waals surface area contributed by atoms with Crippen LogP contribution in [0.1, 0.15) is 31.1 Å². The topological polar surface area (TPSA) is 76.1 Å². The summed E-state index contributed by atoms with van der Waals surface area (Å²) in [5.41, 5.74) is 2.82. The number of methoxy groups -OCH3 is 1. The maximum absolute atomic E-state index is 11.8. The highest BCUT2D eigenvalue weighted by Gasteiger charge is 2.14. The number of hydrogen-bond acceptors (Lipinski definition) is 6. The Morgan fingerprint density at radius 3 is 2.39 bits per heavy atom. The van der Waals surface area contributed by atoms with Crippen molar-refractivity contribution in [3.8, 4) is 11.3 Å². The van der Waals surface area contributed by atoms with Gasteiger partial charge < -0.3 is 15.4 Å². The molecule has 0 saturated carbocycles. The minimum absolute atomic E-state index is 0.183. The normalized spacial score (nSPS) is 11.0. The van der Waals surface area contributed by atoms with Crippen molar-refractivity contribution in [2.45, 2.75) is 26.3 Å². The van der Waals surface area contributed by atoms with Crippen LogP contribution in [0.15, 0.2) is 60.7 Å². The minimum atomic E-state index is -0.383. The summed E-state index contributed by atoms with van der Waals surface area (Å²) in [5.74, 6) is 0.773. The predicted octanol–water partition coefficient (Wildman–Crippen LogP) is 4.88. The first-order valence-electron chi connectivity index (χ1n) is 9.02. The molecule has 3 rings (SSSR count). The number of anilines is 3. The molecule has 2 N–H and O–H groups in total. The van der Waals surface area contributed by atoms with Crippen molar-refractivity contribution < 1.29 is 9.53 Å². The number of nitrogens with zero attached hydrogens (tertiary/aromatic N) is 2. The van der Waals surface area contributed by atoms with Crippen LogP contribution >= 0.6 is 0 Å². The van der Waals surface area contributed by atoms with Gasteiger partial charge in [0.25, 0.3) is 0 Å². The standard InChI is InChI=1S/C22H24N4O2/c1-22(2,3)26-21-24-18(15-9-6-5-7-10-15)14-19(25-21)23-17-12-8-11-16(13-17)20(27)28-4/h5-14H,1-4H3,(H2,23,24,25,26). The lowest BCUT2D eigenvalue weighted by molar-refractivity contribution is 0.0601. The van der Waals surface area contributed by atoms with Crippen molar-refractivity contribution in [3.63, 3.8) is 0 Å². The van der Waals surface area contributed by atoms with Crippen molar-refractivity contribution in [2.75, 3.05) is 17.7 Å². The Bertz CT molecular complexity index is 966. The second-order valence-electron chi connectivity index (χ2n) is 7.40. The summed E-state index contributed by atoms with van der Waals surface area (Å²) < 4.78 is 4.79. The van der Waals surface area contributed by atoms with E-state index in [2.05, 4.69) is 41.4 Å². The number of carbonyl (C=O) groups is 1. The molecule has 0 aliphatic heterocycles. The number of benzene rings is 2. The van der Waals surface area contributed by atoms with Gasteiger partial charge in [-0.25, -0.2) is 9.78 Å². The molecule has 1 aromatic heterocycles. The number of aromatic nitrogens is 2. The second kappa shape index (κ2) is 8.08. The molecule has 0 aliphatic rings. The van der Waals surface area contributed by atoms with Crippen LogP contribution in [0.4, 0.5) is 17.5 Å². The van der Waals surface area contributed by atoms with E-state index < -0.39 is 0 Å². The number of hydrogen-bond donors (Lipinski definition) is 2. The van der Waals surface area contributed by atoms with Crippen LogP contribution in [0.2, 0.25) is 0 Å². The fourth-order valence-corrected chi connectivity index (χ4v) is 2.65. The third-order valence-electron chi connectivity index (χ3n) is 3.84. The van der Waals surface area contributed by atoms with Crippen molar-refractivity contribution >= 4 is 23.4 Å². The molecule has 0 spiro atoms. The molecule has 6 nitrogen and oxygen atoms in total. The molecule has 0 amide bonds. The fourth-order valence-electron chi connectivity index (χ4n) is 2.65. The smallest absolute Gasteiger partial charge is 0.337 e. The largest absolute Gasteiger partial charge is 0.465 e. The van der Waals surface area contributed by atoms with Crippen molar-refractivity contribution in [3.05, 3.63) is 66.2 Å². The van der Waals surface area contributed by atoms with Gasteiger partial charge in [0, 0.05) is 22.9 Å². The van der Waals surface area contributed by atoms with Gasteiger partial charge in [-0.1, -0.05) is 36.4 Å². The van der Waals surface area contributed by atoms with Gasteiger partial charge in [0.05, 0.1) is 18.4 Å². The third kappa shape index (κ3) is 5.07. The highest BCUT2D eigenvalue weighted by atomic mass is 16.5. The molecular weight excluding hydrogens is 352 g/mol. The van der Waals surface area contributed by atoms with E-state index in [9.17, 15) is 4.79 Å². The van der Waals surface area contributed by atoms with Gasteiger partial charge in [-0.3, -0.25) is 0 Å². The van der Waals surface area contributed by atoms with Crippen LogP contribution in [-0.2, 0) is 4.74 Å². The molecule has 0 aliphatic carbocycles. The molecule has 28 heavy (non-hydrogen) atoms. The number of esters is 1. The van der Waals surface area contributed by atoms with E-state index in [-0.39, 0.29) is 11.5 Å². The Labute approximate surface area is 165 Å². The Hall–Kier alpha value is -3.41. The number of rotatable bonds is 5. The van der Waals surface area contributed by atoms with E-state index in [1.54, 1.807) is 18.2 Å². The number of carbonyl (C=O) groups excluding carboxylic acids is 1. The molecule has 144 valence electrons. The Morgan fingerprint density at radius 1 is 0.964 bits per heavy atom. The highest BCUT2D eigenvalue weighted by molar-refractivity contribution is 5.90. The zero-order valence-electron chi connectivity index (χ0n) is 16.5. The Morgan fingerprint density at radius 2 is 1.71 bits per heavy atom. The lowest BCUT2D eigenvalue weighted by Crippen LogP contribution is -2.27. The molecule has 0 saturated heterocycles. The van der Waals surface area contributed by atoms with Gasteiger partial charge in [0.1, 0.15) is 5.82 Å². The van der Waals surface area contributed by atoms with E-state index in [1.807, 2.05) is 42.5 Å². The summed E-state index contributed by atoms with van der Waals surface area (Å²) >= 11 is 0. The monoisotopic (exact) mass is 376 g/mol. The van der Waals surface area contributed by atoms with Crippen molar-refractivity contribution in [1.82, 2.24) is 9.97 Å². The van der Waals surface area contributed by atoms with Gasteiger partial charge in [0.15, 0.2) is 0 Å². The number of ether oxygens (including phenoxy) is 1. The fraction of sp³-hybridized carbons (Fsp3) is 0.227. The molecule has 6 heteroatoms. The molecule has 0 atom stereocenters. The minimum Gasteiger partial charge on any atom is -0.465 e. The van der Waals surface area contributed by atoms with Gasteiger partial charge in [-0.05, 0) is 39.0 Å². The maximum atomic E-state index is 11.8. The second-order valence-corrected chi connectivity index (χ2v) is 7.40. The quantitative estimate of drug-likeness (QED) is 0.618. The summed E-state index contributed by atoms with van der Waals surface area (Å²) in [6.45, 7) is 6.16. The maximum Gasteiger partial charge on any atom is 0.337 e. The summed E-state index contributed by atoms with van der Waals surface area (Å²) in [5, 5.41) is 6.58. The zero-order valence-corrected chi connectivity index (χ0v) is 16.5. The third-order valence-corrected chi connectivity index (χ3v) is 3.84. The van der Waals surface area contributed by atoms with E-state index in [0.717, 1.165) is 16.9 Å². The van der Waals surface area contributed by atoms with Gasteiger partial charge in [0.2, 0.25) is 5.95 Å². The molecule has 3 aromatic rings. The van der Waals surface area contributed by atoms with Gasteiger partial charge in [-0.2, -0.15) is 4.98 Å². The van der Waals surface area contributed by atoms with E-state index in [0.29, 0.717) is 17.3 Å². The molecule has 1 heterocycles. The summed E-state index contributed by atoms with van der Waals surface area (Å²) in [4.78, 5) is 21.0. The zero-order chi connectivity index (χ0) is 20.1. The van der Waals surface area contributed by atoms with Crippen LogP contribution in [0, 0.1) is 0 Å². The first-order chi connectivity index (χ1) is 13.3. The SMILES string of the molecule is COC(=O)c1cccc(Nc2cc(-c3ccccc3)nc(NC(C)(C)C)n2)c1. The molecular formula is C22H24N4O2. The van der Waals surface area contributed by atoms with Crippen LogP contribution in [-0.4, -0.2) is 28.6 Å². The molecule has 2 aromatic carbocycles. The number of nitrogens with one attached hydrogen (secondary N) is 2. The van der Waals surface area contributed by atoms with E-state index in [1.165, 1.54) is 7.11 Å². The molecule has 0 fully saturated rings. The molecule has 0 unspecified atom stereocenters. The van der Waals surface area contributed by atoms with Crippen LogP contribution in [0.25, 0.3) is 11.3 Å². The summed E-state index contributed by atoms with van der Waals surface area (Å²) in [7, 11) is 1.36. The lowest BCUT2D eigenvalue weighted by Gasteiger charge is -2.21. The highest BCUT2D eigenvalue weighted by Crippen LogP contribution is 2.25. The van der Waals surface area contributed by atoms with Crippen LogP contribution < -0.4 is 10.6 Å². The van der Waals surface area contributed by atoms with Crippen LogP contribution in [0.5, 0.6) is 0 Å². The summed E-state index contributed by atoms with van der Waals surface area (Å²) in [6, 6.07) is 18.9. The molecule has 0 bridgehead atoms. The average Bonchev–Trinajstić information content (AvgIpc) is 2.66.